The van der Waals surface area contributed by atoms with Gasteiger partial charge in [0.1, 0.15) is 0 Å². The Hall–Kier alpha value is 0.0640. The quantitative estimate of drug-likeness (QED) is 0.176. The van der Waals surface area contributed by atoms with Crippen LogP contribution >= 0.6 is 0 Å². The van der Waals surface area contributed by atoms with E-state index in [1.807, 2.05) is 6.92 Å². The zero-order valence-electron chi connectivity index (χ0n) is 8.40. The van der Waals surface area contributed by atoms with Crippen LogP contribution in [-0.2, 0) is 59.3 Å². The third-order valence-electron chi connectivity index (χ3n) is 0.865. The number of hydrogen-bond donors (Lipinski definition) is 0. The molecular formula is C9H10ReRfRhW-2. The van der Waals surface area contributed by atoms with Crippen molar-refractivity contribution in [3.05, 3.63) is 36.5 Å². The van der Waals surface area contributed by atoms with Crippen molar-refractivity contribution in [2.45, 2.75) is 13.3 Å². The van der Waals surface area contributed by atoms with Crippen LogP contribution in [0.15, 0.2) is 23.8 Å². The van der Waals surface area contributed by atoms with Gasteiger partial charge in [-0.2, -0.15) is 0 Å². The summed E-state index contributed by atoms with van der Waals surface area (Å²) in [5, 5.41) is 0. The van der Waals surface area contributed by atoms with Gasteiger partial charge in [-0.25, -0.2) is 0 Å². The Labute approximate surface area is 114 Å². The normalized spacial score (nSPS) is 9.31. The summed E-state index contributed by atoms with van der Waals surface area (Å²) in [7, 11) is 0. The van der Waals surface area contributed by atoms with Crippen LogP contribution < -0.4 is 0 Å². The van der Waals surface area contributed by atoms with Crippen molar-refractivity contribution in [1.82, 2.24) is 0 Å². The van der Waals surface area contributed by atoms with Gasteiger partial charge in [0, 0.05) is 39.9 Å². The van der Waals surface area contributed by atoms with Gasteiger partial charge < -0.3 is 0 Å². The maximum absolute atomic E-state index is 7.27. The molecule has 0 aliphatic rings. The molecule has 0 rings (SSSR count). The Morgan fingerprint density at radius 3 is 2.54 bits per heavy atom. The molecule has 72 valence electrons. The fourth-order valence-electron chi connectivity index (χ4n) is 0.473. The summed E-state index contributed by atoms with van der Waals surface area (Å²) < 4.78 is 7.85. The molecule has 0 saturated carbocycles. The Morgan fingerprint density at radius 1 is 1.77 bits per heavy atom. The van der Waals surface area contributed by atoms with Crippen molar-refractivity contribution in [2.75, 3.05) is 0 Å². The van der Waals surface area contributed by atoms with Gasteiger partial charge in [-0.05, 0) is 0 Å². The fraction of sp³-hybridized carbons (Fsp3) is 0.222. The molecule has 0 saturated heterocycles. The zero-order chi connectivity index (χ0) is 8.85. The van der Waals surface area contributed by atoms with Gasteiger partial charge in [-0.1, -0.05) is 0 Å². The van der Waals surface area contributed by atoms with E-state index < -0.39 is 0 Å². The van der Waals surface area contributed by atoms with Crippen molar-refractivity contribution in [1.29, 1.82) is 0 Å². The van der Waals surface area contributed by atoms with Crippen LogP contribution in [0, 0.1) is 12.7 Å². The topological polar surface area (TPSA) is 0 Å². The van der Waals surface area contributed by atoms with E-state index in [-0.39, 0.29) is 39.9 Å². The molecule has 0 amide bonds. The van der Waals surface area contributed by atoms with Crippen molar-refractivity contribution < 1.29 is 60.6 Å². The van der Waals surface area contributed by atoms with Crippen molar-refractivity contribution in [2.24, 2.45) is 0 Å². The van der Waals surface area contributed by atoms with Gasteiger partial charge in [-0.15, -0.1) is 0 Å². The number of rotatable bonds is 4. The van der Waals surface area contributed by atoms with Gasteiger partial charge in [0.2, 0.25) is 0 Å². The Balaban J connectivity index is -0.000000167. The standard InChI is InChI=1S/C9H10.Re.Rf.Rh.W/c1-5-6-9(4)7-8(2)3;;;;/h2,4-5H,1,6H2,3H3;;;;/q-2;;;;/i2T;;;;. The van der Waals surface area contributed by atoms with Crippen LogP contribution in [0.2, 0.25) is 0 Å². The molecule has 0 unspecified atom stereocenters. The Bertz CT molecular complexity index is 229. The summed E-state index contributed by atoms with van der Waals surface area (Å²) in [4.78, 5) is 0. The minimum absolute atomic E-state index is 0. The Morgan fingerprint density at radius 2 is 2.23 bits per heavy atom. The van der Waals surface area contributed by atoms with E-state index in [9.17, 15) is 0 Å². The van der Waals surface area contributed by atoms with Crippen LogP contribution in [0.5, 0.6) is 0 Å². The minimum atomic E-state index is 0. The van der Waals surface area contributed by atoms with E-state index in [1.54, 1.807) is 6.08 Å². The van der Waals surface area contributed by atoms with E-state index in [4.69, 9.17) is 7.95 Å². The average Bonchev–Trinajstić information content (AvgIpc) is 1.87. The minimum Gasteiger partial charge on any atom is 0 e. The molecule has 4 heteroatoms. The number of hydrogen-bond acceptors (Lipinski definition) is 0. The molecule has 0 fully saturated rings. The fourth-order valence-corrected chi connectivity index (χ4v) is 0.656. The molecule has 13 heavy (non-hydrogen) atoms. The zero-order valence-corrected chi connectivity index (χ0v) is 21.1. The molecule has 2 radical (unpaired) electrons. The average molecular weight is 860 g/mol. The molecule has 0 aromatic carbocycles. The molecule has 0 aliphatic heterocycles. The van der Waals surface area contributed by atoms with Crippen molar-refractivity contribution in [3.63, 3.8) is 0 Å². The van der Waals surface area contributed by atoms with Gasteiger partial charge in [0.15, 0.2) is 0 Å². The maximum atomic E-state index is 7.27. The first-order chi connectivity index (χ1) is 5.07. The first-order valence-electron chi connectivity index (χ1n) is 3.41. The Kier molecular flexibility index (Phi) is 21.1. The predicted molar refractivity (Wildman–Crippen MR) is 41.1 cm³/mol. The van der Waals surface area contributed by atoms with Gasteiger partial charge >= 0.3 is 74.9 Å². The maximum Gasteiger partial charge on any atom is 0 e. The predicted octanol–water partition coefficient (Wildman–Crippen LogP) is 2.02. The monoisotopic (exact) mass is 861 g/mol. The van der Waals surface area contributed by atoms with E-state index in [0.29, 0.717) is 16.4 Å². The summed E-state index contributed by atoms with van der Waals surface area (Å²) in [6, 6.07) is 0. The third-order valence-corrected chi connectivity index (χ3v) is 1.97. The van der Waals surface area contributed by atoms with Crippen molar-refractivity contribution >= 4 is 4.38 Å². The van der Waals surface area contributed by atoms with Crippen molar-refractivity contribution in [3.8, 4) is 0 Å². The van der Waals surface area contributed by atoms with E-state index in [1.165, 1.54) is 0 Å². The summed E-state index contributed by atoms with van der Waals surface area (Å²) in [6.07, 6.45) is 5.28. The second-order valence-electron chi connectivity index (χ2n) is 1.87. The molecule has 0 aromatic heterocycles. The summed E-state index contributed by atoms with van der Waals surface area (Å²) >= 11 is 1.14. The largest absolute Gasteiger partial charge is 0 e. The van der Waals surface area contributed by atoms with Gasteiger partial charge in [-0.3, -0.25) is 0 Å². The molecule has 0 aliphatic carbocycles. The van der Waals surface area contributed by atoms with Crippen LogP contribution in [-0.4, -0.2) is 4.38 Å². The summed E-state index contributed by atoms with van der Waals surface area (Å²) in [5.41, 5.74) is 1.46. The molecule has 0 spiro atoms. The number of allylic oxidation sites excluding steroid dienone is 4. The van der Waals surface area contributed by atoms with Gasteiger partial charge in [0.25, 0.3) is 0 Å². The van der Waals surface area contributed by atoms with E-state index >= 15 is 0 Å². The third kappa shape index (κ3) is 14.9. The van der Waals surface area contributed by atoms with Crippen LogP contribution in [0.1, 0.15) is 14.7 Å². The first kappa shape index (κ1) is 18.8. The van der Waals surface area contributed by atoms with Gasteiger partial charge in [0.05, 0.1) is 0 Å². The molecule has 0 aromatic rings. The molecule has 0 nitrogen and oxygen atoms in total. The molecule has 0 N–H and O–H groups in total. The van der Waals surface area contributed by atoms with E-state index in [0.717, 1.165) is 24.9 Å². The second-order valence-corrected chi connectivity index (χ2v) is 2.60. The molecular weight excluding hydrogens is 848 g/mol. The van der Waals surface area contributed by atoms with Crippen LogP contribution in [0.3, 0.4) is 0 Å². The molecule has 0 heterocycles. The second kappa shape index (κ2) is 14.6. The molecule has 0 bridgehead atoms. The SMILES string of the molecule is [3H][C](=[W])C(C)=[C-]C(=[CH-])CC=C.[Re].[Rf].[Rh]. The van der Waals surface area contributed by atoms with E-state index in [2.05, 4.69) is 12.7 Å². The van der Waals surface area contributed by atoms with Crippen LogP contribution in [0.4, 0.5) is 0 Å². The van der Waals surface area contributed by atoms with Crippen LogP contribution in [0.25, 0.3) is 0 Å². The smallest absolute Gasteiger partial charge is 0 e. The summed E-state index contributed by atoms with van der Waals surface area (Å²) in [6.45, 7) is 10.9. The first-order valence-corrected chi connectivity index (χ1v) is 4.38. The summed E-state index contributed by atoms with van der Waals surface area (Å²) in [5.74, 6) is 0. The molecule has 0 atom stereocenters.